The molecule has 1 aliphatic heterocycles. The summed E-state index contributed by atoms with van der Waals surface area (Å²) in [6.45, 7) is 7.84. The van der Waals surface area contributed by atoms with E-state index in [-0.39, 0.29) is 17.4 Å². The van der Waals surface area contributed by atoms with Crippen LogP contribution in [0.2, 0.25) is 0 Å². The first-order valence-corrected chi connectivity index (χ1v) is 9.79. The molecule has 2 aromatic rings. The molecule has 2 N–H and O–H groups in total. The fourth-order valence-electron chi connectivity index (χ4n) is 3.39. The zero-order valence-electron chi connectivity index (χ0n) is 17.2. The van der Waals surface area contributed by atoms with Crippen molar-refractivity contribution in [1.82, 2.24) is 9.88 Å². The van der Waals surface area contributed by atoms with Gasteiger partial charge in [-0.2, -0.15) is 0 Å². The summed E-state index contributed by atoms with van der Waals surface area (Å²) in [4.78, 5) is 38.0. The van der Waals surface area contributed by atoms with Gasteiger partial charge in [0.1, 0.15) is 5.82 Å². The molecule has 0 spiro atoms. The van der Waals surface area contributed by atoms with Crippen molar-refractivity contribution >= 4 is 23.3 Å². The summed E-state index contributed by atoms with van der Waals surface area (Å²) >= 11 is 0. The van der Waals surface area contributed by atoms with Gasteiger partial charge in [-0.05, 0) is 69.9 Å². The highest BCUT2D eigenvalue weighted by Crippen LogP contribution is 2.26. The number of Topliss-reactive ketones (excluding diaryl/α,β-unsaturated/α-hetero) is 1. The number of anilines is 1. The number of aromatic nitrogens is 1. The molecule has 3 rings (SSSR count). The lowest BCUT2D eigenvalue weighted by atomic mass is 10.0. The predicted octanol–water partition coefficient (Wildman–Crippen LogP) is 3.62. The molecule has 29 heavy (non-hydrogen) atoms. The first-order valence-electron chi connectivity index (χ1n) is 9.79. The summed E-state index contributed by atoms with van der Waals surface area (Å²) in [5.41, 5.74) is 1.75. The molecule has 1 aromatic carbocycles. The van der Waals surface area contributed by atoms with Crippen LogP contribution in [0.5, 0.6) is 0 Å². The SMILES string of the molecule is CCC(C)(C)NC(=O)C(=O)c1cc(C(=O)Nc2ccc(F)c(C)c2)c2n1CCC2. The Labute approximate surface area is 169 Å². The first kappa shape index (κ1) is 20.8. The van der Waals surface area contributed by atoms with Crippen LogP contribution in [0.4, 0.5) is 10.1 Å². The van der Waals surface area contributed by atoms with Crippen molar-refractivity contribution in [2.45, 2.75) is 59.0 Å². The summed E-state index contributed by atoms with van der Waals surface area (Å²) in [5.74, 6) is -2.05. The Morgan fingerprint density at radius 1 is 1.21 bits per heavy atom. The lowest BCUT2D eigenvalue weighted by Crippen LogP contribution is -2.46. The van der Waals surface area contributed by atoms with Crippen LogP contribution in [0, 0.1) is 12.7 Å². The van der Waals surface area contributed by atoms with E-state index in [2.05, 4.69) is 10.6 Å². The Balaban J connectivity index is 1.86. The minimum atomic E-state index is -0.676. The maximum absolute atomic E-state index is 13.5. The van der Waals surface area contributed by atoms with Crippen LogP contribution >= 0.6 is 0 Å². The van der Waals surface area contributed by atoms with Gasteiger partial charge in [0.2, 0.25) is 0 Å². The maximum Gasteiger partial charge on any atom is 0.294 e. The van der Waals surface area contributed by atoms with E-state index in [0.717, 1.165) is 12.1 Å². The highest BCUT2D eigenvalue weighted by atomic mass is 19.1. The fraction of sp³-hybridized carbons (Fsp3) is 0.409. The number of carbonyl (C=O) groups excluding carboxylic acids is 3. The van der Waals surface area contributed by atoms with Gasteiger partial charge in [-0.15, -0.1) is 0 Å². The molecule has 2 amide bonds. The van der Waals surface area contributed by atoms with Gasteiger partial charge in [0.25, 0.3) is 17.6 Å². The van der Waals surface area contributed by atoms with Gasteiger partial charge in [-0.25, -0.2) is 4.39 Å². The number of carbonyl (C=O) groups is 3. The van der Waals surface area contributed by atoms with Crippen molar-refractivity contribution in [3.05, 3.63) is 52.6 Å². The maximum atomic E-state index is 13.5. The topological polar surface area (TPSA) is 80.2 Å². The second-order valence-electron chi connectivity index (χ2n) is 8.08. The van der Waals surface area contributed by atoms with Gasteiger partial charge >= 0.3 is 0 Å². The molecular formula is C22H26FN3O3. The Morgan fingerprint density at radius 2 is 1.93 bits per heavy atom. The van der Waals surface area contributed by atoms with E-state index in [4.69, 9.17) is 0 Å². The summed E-state index contributed by atoms with van der Waals surface area (Å²) < 4.78 is 15.2. The van der Waals surface area contributed by atoms with Crippen molar-refractivity contribution in [2.75, 3.05) is 5.32 Å². The number of rotatable bonds is 6. The van der Waals surface area contributed by atoms with E-state index >= 15 is 0 Å². The van der Waals surface area contributed by atoms with Gasteiger partial charge in [0, 0.05) is 23.5 Å². The number of hydrogen-bond acceptors (Lipinski definition) is 3. The smallest absolute Gasteiger partial charge is 0.294 e. The van der Waals surface area contributed by atoms with Crippen molar-refractivity contribution < 1.29 is 18.8 Å². The number of halogens is 1. The second-order valence-corrected chi connectivity index (χ2v) is 8.08. The summed E-state index contributed by atoms with van der Waals surface area (Å²) in [5, 5.41) is 5.50. The molecule has 0 bridgehead atoms. The van der Waals surface area contributed by atoms with Crippen LogP contribution < -0.4 is 10.6 Å². The van der Waals surface area contributed by atoms with Crippen molar-refractivity contribution in [2.24, 2.45) is 0 Å². The molecule has 0 aliphatic carbocycles. The molecule has 2 heterocycles. The standard InChI is InChI=1S/C22H26FN3O3/c1-5-22(3,4)25-21(29)19(27)18-12-15(17-7-6-10-26(17)18)20(28)24-14-8-9-16(23)13(2)11-14/h8-9,11-12H,5-7,10H2,1-4H3,(H,24,28)(H,25,29). The van der Waals surface area contributed by atoms with E-state index in [0.29, 0.717) is 36.2 Å². The van der Waals surface area contributed by atoms with Crippen LogP contribution in [0.1, 0.15) is 65.7 Å². The molecule has 154 valence electrons. The number of amides is 2. The average Bonchev–Trinajstić information content (AvgIpc) is 3.26. The molecule has 7 heteroatoms. The zero-order chi connectivity index (χ0) is 21.3. The van der Waals surface area contributed by atoms with E-state index in [1.54, 1.807) is 17.6 Å². The van der Waals surface area contributed by atoms with E-state index in [9.17, 15) is 18.8 Å². The van der Waals surface area contributed by atoms with Crippen molar-refractivity contribution in [3.8, 4) is 0 Å². The zero-order valence-corrected chi connectivity index (χ0v) is 17.2. The van der Waals surface area contributed by atoms with Gasteiger partial charge in [-0.3, -0.25) is 14.4 Å². The number of hydrogen-bond donors (Lipinski definition) is 2. The largest absolute Gasteiger partial charge is 0.344 e. The van der Waals surface area contributed by atoms with Gasteiger partial charge in [0.15, 0.2) is 0 Å². The van der Waals surface area contributed by atoms with Crippen LogP contribution in [0.3, 0.4) is 0 Å². The Hall–Kier alpha value is -2.96. The van der Waals surface area contributed by atoms with Crippen LogP contribution in [0.15, 0.2) is 24.3 Å². The lowest BCUT2D eigenvalue weighted by molar-refractivity contribution is -0.118. The fourth-order valence-corrected chi connectivity index (χ4v) is 3.39. The van der Waals surface area contributed by atoms with Crippen LogP contribution in [-0.4, -0.2) is 27.7 Å². The number of fused-ring (bicyclic) bond motifs is 1. The third kappa shape index (κ3) is 4.23. The first-order chi connectivity index (χ1) is 13.6. The number of benzene rings is 1. The molecule has 0 radical (unpaired) electrons. The molecule has 6 nitrogen and oxygen atoms in total. The highest BCUT2D eigenvalue weighted by Gasteiger charge is 2.31. The molecule has 0 fully saturated rings. The van der Waals surface area contributed by atoms with Gasteiger partial charge in [0.05, 0.1) is 11.3 Å². The Kier molecular flexibility index (Phi) is 5.59. The molecular weight excluding hydrogens is 373 g/mol. The number of nitrogens with zero attached hydrogens (tertiary/aromatic N) is 1. The van der Waals surface area contributed by atoms with Crippen molar-refractivity contribution in [1.29, 1.82) is 0 Å². The molecule has 0 unspecified atom stereocenters. The molecule has 0 saturated carbocycles. The molecule has 1 aliphatic rings. The van der Waals surface area contributed by atoms with Crippen LogP contribution in [0.25, 0.3) is 0 Å². The third-order valence-electron chi connectivity index (χ3n) is 5.44. The predicted molar refractivity (Wildman–Crippen MR) is 109 cm³/mol. The quantitative estimate of drug-likeness (QED) is 0.575. The van der Waals surface area contributed by atoms with E-state index in [1.165, 1.54) is 18.2 Å². The molecule has 0 atom stereocenters. The number of aryl methyl sites for hydroxylation is 1. The average molecular weight is 399 g/mol. The van der Waals surface area contributed by atoms with E-state index in [1.807, 2.05) is 20.8 Å². The van der Waals surface area contributed by atoms with Gasteiger partial charge < -0.3 is 15.2 Å². The van der Waals surface area contributed by atoms with Crippen molar-refractivity contribution in [3.63, 3.8) is 0 Å². The normalized spacial score (nSPS) is 13.1. The second kappa shape index (κ2) is 7.81. The number of nitrogens with one attached hydrogen (secondary N) is 2. The third-order valence-corrected chi connectivity index (χ3v) is 5.44. The lowest BCUT2D eigenvalue weighted by Gasteiger charge is -2.23. The minimum absolute atomic E-state index is 0.224. The highest BCUT2D eigenvalue weighted by molar-refractivity contribution is 6.42. The summed E-state index contributed by atoms with van der Waals surface area (Å²) in [6, 6.07) is 5.82. The minimum Gasteiger partial charge on any atom is -0.344 e. The van der Waals surface area contributed by atoms with E-state index < -0.39 is 17.2 Å². The monoisotopic (exact) mass is 399 g/mol. The Bertz CT molecular complexity index is 991. The Morgan fingerprint density at radius 3 is 2.59 bits per heavy atom. The van der Waals surface area contributed by atoms with Crippen LogP contribution in [-0.2, 0) is 17.8 Å². The molecule has 0 saturated heterocycles. The van der Waals surface area contributed by atoms with Gasteiger partial charge in [-0.1, -0.05) is 6.92 Å². The summed E-state index contributed by atoms with van der Waals surface area (Å²) in [6.07, 6.45) is 2.14. The summed E-state index contributed by atoms with van der Waals surface area (Å²) in [7, 11) is 0. The number of ketones is 1. The molecule has 1 aromatic heterocycles.